The van der Waals surface area contributed by atoms with Gasteiger partial charge in [0.1, 0.15) is 11.5 Å². The first-order valence-corrected chi connectivity index (χ1v) is 5.54. The molecule has 0 spiro atoms. The van der Waals surface area contributed by atoms with Crippen LogP contribution in [-0.2, 0) is 5.60 Å². The molecule has 0 bridgehead atoms. The van der Waals surface area contributed by atoms with Crippen LogP contribution in [-0.4, -0.2) is 19.3 Å². The Morgan fingerprint density at radius 2 is 1.94 bits per heavy atom. The van der Waals surface area contributed by atoms with Gasteiger partial charge in [-0.25, -0.2) is 0 Å². The van der Waals surface area contributed by atoms with Crippen molar-refractivity contribution < 1.29 is 14.6 Å². The molecule has 0 unspecified atom stereocenters. The predicted molar refractivity (Wildman–Crippen MR) is 61.8 cm³/mol. The highest BCUT2D eigenvalue weighted by Gasteiger charge is 2.42. The molecule has 1 aliphatic rings. The largest absolute Gasteiger partial charge is 0.497 e. The summed E-state index contributed by atoms with van der Waals surface area (Å²) in [5, 5.41) is 10.5. The minimum absolute atomic E-state index is 0.356. The van der Waals surface area contributed by atoms with Crippen LogP contribution in [0.3, 0.4) is 0 Å². The molecule has 0 aromatic heterocycles. The third-order valence-electron chi connectivity index (χ3n) is 3.33. The van der Waals surface area contributed by atoms with E-state index in [0.29, 0.717) is 11.7 Å². The monoisotopic (exact) mass is 222 g/mol. The molecule has 1 aliphatic carbocycles. The lowest BCUT2D eigenvalue weighted by molar-refractivity contribution is 0.0306. The molecule has 0 amide bonds. The minimum atomic E-state index is -0.794. The average molecular weight is 222 g/mol. The summed E-state index contributed by atoms with van der Waals surface area (Å²) >= 11 is 0. The van der Waals surface area contributed by atoms with Gasteiger partial charge in [-0.1, -0.05) is 0 Å². The summed E-state index contributed by atoms with van der Waals surface area (Å²) in [5.74, 6) is 1.79. The lowest BCUT2D eigenvalue weighted by atomic mass is 9.90. The summed E-state index contributed by atoms with van der Waals surface area (Å²) in [5.41, 5.74) is 0.0516. The van der Waals surface area contributed by atoms with Gasteiger partial charge in [-0.2, -0.15) is 0 Å². The van der Waals surface area contributed by atoms with Crippen molar-refractivity contribution >= 4 is 0 Å². The first-order chi connectivity index (χ1) is 7.59. The molecular weight excluding hydrogens is 204 g/mol. The molecule has 1 saturated carbocycles. The van der Waals surface area contributed by atoms with Gasteiger partial charge in [-0.3, -0.25) is 0 Å². The summed E-state index contributed by atoms with van der Waals surface area (Å²) in [6.07, 6.45) is 2.17. The molecule has 0 heterocycles. The number of benzene rings is 1. The molecule has 1 aromatic rings. The number of aliphatic hydroxyl groups is 1. The van der Waals surface area contributed by atoms with Gasteiger partial charge in [0, 0.05) is 11.6 Å². The van der Waals surface area contributed by atoms with E-state index in [0.717, 1.165) is 24.2 Å². The van der Waals surface area contributed by atoms with Crippen molar-refractivity contribution in [3.8, 4) is 11.5 Å². The molecule has 1 fully saturated rings. The van der Waals surface area contributed by atoms with Gasteiger partial charge in [0.25, 0.3) is 0 Å². The van der Waals surface area contributed by atoms with Crippen LogP contribution in [0.1, 0.15) is 25.3 Å². The van der Waals surface area contributed by atoms with Crippen LogP contribution in [0.2, 0.25) is 0 Å². The summed E-state index contributed by atoms with van der Waals surface area (Å²) in [7, 11) is 3.23. The van der Waals surface area contributed by atoms with Gasteiger partial charge in [0.2, 0.25) is 0 Å². The summed E-state index contributed by atoms with van der Waals surface area (Å²) in [4.78, 5) is 0. The smallest absolute Gasteiger partial charge is 0.128 e. The number of hydrogen-bond acceptors (Lipinski definition) is 3. The average Bonchev–Trinajstić information content (AvgIpc) is 3.12. The lowest BCUT2D eigenvalue weighted by Gasteiger charge is -2.25. The molecular formula is C13H18O3. The molecule has 1 N–H and O–H groups in total. The van der Waals surface area contributed by atoms with Crippen molar-refractivity contribution in [2.75, 3.05) is 14.2 Å². The molecule has 3 heteroatoms. The van der Waals surface area contributed by atoms with Crippen LogP contribution >= 0.6 is 0 Å². The van der Waals surface area contributed by atoms with Crippen LogP contribution in [0.4, 0.5) is 0 Å². The molecule has 0 saturated heterocycles. The Bertz CT molecular complexity index is 381. The first-order valence-electron chi connectivity index (χ1n) is 5.54. The molecule has 16 heavy (non-hydrogen) atoms. The van der Waals surface area contributed by atoms with Crippen LogP contribution in [0.5, 0.6) is 11.5 Å². The topological polar surface area (TPSA) is 38.7 Å². The number of methoxy groups -OCH3 is 2. The standard InChI is InChI=1S/C13H18O3/c1-13(14,9-4-5-9)11-7-6-10(15-2)8-12(11)16-3/h6-9,14H,4-5H2,1-3H3/t13-/m0/s1. The maximum absolute atomic E-state index is 10.5. The van der Waals surface area contributed by atoms with E-state index in [2.05, 4.69) is 0 Å². The molecule has 0 aliphatic heterocycles. The van der Waals surface area contributed by atoms with Crippen molar-refractivity contribution in [1.29, 1.82) is 0 Å². The zero-order valence-electron chi connectivity index (χ0n) is 9.99. The molecule has 1 atom stereocenters. The van der Waals surface area contributed by atoms with Crippen LogP contribution in [0.15, 0.2) is 18.2 Å². The van der Waals surface area contributed by atoms with Gasteiger partial charge in [0.15, 0.2) is 0 Å². The van der Waals surface area contributed by atoms with Gasteiger partial charge in [-0.05, 0) is 37.8 Å². The Hall–Kier alpha value is -1.22. The molecule has 3 nitrogen and oxygen atoms in total. The van der Waals surface area contributed by atoms with E-state index in [4.69, 9.17) is 9.47 Å². The minimum Gasteiger partial charge on any atom is -0.497 e. The summed E-state index contributed by atoms with van der Waals surface area (Å²) < 4.78 is 10.5. The maximum atomic E-state index is 10.5. The van der Waals surface area contributed by atoms with Crippen molar-refractivity contribution in [2.45, 2.75) is 25.4 Å². The Labute approximate surface area is 96.0 Å². The van der Waals surface area contributed by atoms with Crippen molar-refractivity contribution in [3.63, 3.8) is 0 Å². The third kappa shape index (κ3) is 1.87. The van der Waals surface area contributed by atoms with Crippen LogP contribution in [0.25, 0.3) is 0 Å². The SMILES string of the molecule is COc1ccc([C@@](C)(O)C2CC2)c(OC)c1. The van der Waals surface area contributed by atoms with Gasteiger partial charge < -0.3 is 14.6 Å². The van der Waals surface area contributed by atoms with E-state index in [1.54, 1.807) is 14.2 Å². The Balaban J connectivity index is 2.39. The van der Waals surface area contributed by atoms with E-state index < -0.39 is 5.60 Å². The molecule has 2 rings (SSSR count). The second-order valence-corrected chi connectivity index (χ2v) is 4.49. The van der Waals surface area contributed by atoms with Crippen LogP contribution < -0.4 is 9.47 Å². The highest BCUT2D eigenvalue weighted by Crippen LogP contribution is 2.48. The zero-order chi connectivity index (χ0) is 11.8. The van der Waals surface area contributed by atoms with Crippen LogP contribution in [0, 0.1) is 5.92 Å². The number of ether oxygens (including phenoxy) is 2. The fourth-order valence-electron chi connectivity index (χ4n) is 2.08. The fraction of sp³-hybridized carbons (Fsp3) is 0.538. The highest BCUT2D eigenvalue weighted by molar-refractivity contribution is 5.44. The van der Waals surface area contributed by atoms with Gasteiger partial charge in [0.05, 0.1) is 19.8 Å². The molecule has 88 valence electrons. The Morgan fingerprint density at radius 3 is 2.44 bits per heavy atom. The van der Waals surface area contributed by atoms with Gasteiger partial charge in [-0.15, -0.1) is 0 Å². The van der Waals surface area contributed by atoms with E-state index in [1.807, 2.05) is 25.1 Å². The van der Waals surface area contributed by atoms with Gasteiger partial charge >= 0.3 is 0 Å². The zero-order valence-corrected chi connectivity index (χ0v) is 9.99. The van der Waals surface area contributed by atoms with Crippen molar-refractivity contribution in [1.82, 2.24) is 0 Å². The van der Waals surface area contributed by atoms with Crippen molar-refractivity contribution in [2.24, 2.45) is 5.92 Å². The Kier molecular flexibility index (Phi) is 2.80. The van der Waals surface area contributed by atoms with E-state index in [-0.39, 0.29) is 0 Å². The summed E-state index contributed by atoms with van der Waals surface area (Å²) in [6.45, 7) is 1.86. The fourth-order valence-corrected chi connectivity index (χ4v) is 2.08. The quantitative estimate of drug-likeness (QED) is 0.849. The maximum Gasteiger partial charge on any atom is 0.128 e. The molecule has 1 aromatic carbocycles. The number of rotatable bonds is 4. The van der Waals surface area contributed by atoms with E-state index in [9.17, 15) is 5.11 Å². The Morgan fingerprint density at radius 1 is 1.25 bits per heavy atom. The highest BCUT2D eigenvalue weighted by atomic mass is 16.5. The van der Waals surface area contributed by atoms with E-state index >= 15 is 0 Å². The van der Waals surface area contributed by atoms with Crippen molar-refractivity contribution in [3.05, 3.63) is 23.8 Å². The first kappa shape index (κ1) is 11.3. The summed E-state index contributed by atoms with van der Waals surface area (Å²) in [6, 6.07) is 5.55. The normalized spacial score (nSPS) is 19.0. The van der Waals surface area contributed by atoms with E-state index in [1.165, 1.54) is 0 Å². The number of hydrogen-bond donors (Lipinski definition) is 1. The second-order valence-electron chi connectivity index (χ2n) is 4.49. The molecule has 0 radical (unpaired) electrons. The second kappa shape index (κ2) is 3.98. The predicted octanol–water partition coefficient (Wildman–Crippen LogP) is 2.32. The lowest BCUT2D eigenvalue weighted by Crippen LogP contribution is -2.24. The third-order valence-corrected chi connectivity index (χ3v) is 3.33.